The largest absolute Gasteiger partial charge is 0.465 e. The number of nitrogens with zero attached hydrogens (tertiary/aromatic N) is 2. The lowest BCUT2D eigenvalue weighted by atomic mass is 10.1. The quantitative estimate of drug-likeness (QED) is 0.533. The van der Waals surface area contributed by atoms with E-state index < -0.39 is 11.9 Å². The lowest BCUT2D eigenvalue weighted by Crippen LogP contribution is -2.32. The molecule has 0 radical (unpaired) electrons. The van der Waals surface area contributed by atoms with Crippen LogP contribution in [0.1, 0.15) is 34.0 Å². The smallest absolute Gasteiger partial charge is 0.337 e. The molecule has 0 saturated heterocycles. The van der Waals surface area contributed by atoms with Gasteiger partial charge in [0.05, 0.1) is 48.1 Å². The molecule has 0 bridgehead atoms. The summed E-state index contributed by atoms with van der Waals surface area (Å²) in [5, 5.41) is 8.95. The Hall–Kier alpha value is -3.96. The number of nitriles is 1. The minimum Gasteiger partial charge on any atom is -0.465 e. The average molecular weight is 449 g/mol. The number of methoxy groups -OCH3 is 1. The molecular formula is C24H20N2O5S. The van der Waals surface area contributed by atoms with Gasteiger partial charge in [-0.15, -0.1) is 11.3 Å². The summed E-state index contributed by atoms with van der Waals surface area (Å²) in [5.74, 6) is -0.978. The summed E-state index contributed by atoms with van der Waals surface area (Å²) in [4.78, 5) is 36.8. The molecule has 7 nitrogen and oxygen atoms in total. The van der Waals surface area contributed by atoms with E-state index in [0.717, 1.165) is 11.1 Å². The maximum absolute atomic E-state index is 13.1. The van der Waals surface area contributed by atoms with Crippen LogP contribution in [0.2, 0.25) is 0 Å². The summed E-state index contributed by atoms with van der Waals surface area (Å²) < 4.78 is 12.1. The minimum absolute atomic E-state index is 0.212. The molecule has 3 rings (SSSR count). The molecule has 1 heterocycles. The van der Waals surface area contributed by atoms with Gasteiger partial charge < -0.3 is 9.47 Å². The van der Waals surface area contributed by atoms with Crippen LogP contribution in [0.3, 0.4) is 0 Å². The first-order chi connectivity index (χ1) is 15.4. The molecule has 0 amide bonds. The van der Waals surface area contributed by atoms with Crippen LogP contribution in [0.25, 0.3) is 12.2 Å². The standard InChI is InChI=1S/C24H20N2O5S/c1-3-31-22(27)13-21-26(15-18-8-10-19(11-9-18)24(29)30-2)23(28)20(32-21)12-16-4-6-17(14-25)7-5-16/h4-13H,3,15H2,1-2H3/b20-12-,21-13-. The van der Waals surface area contributed by atoms with Gasteiger partial charge >= 0.3 is 11.9 Å². The van der Waals surface area contributed by atoms with Crippen molar-refractivity contribution in [2.24, 2.45) is 0 Å². The Morgan fingerprint density at radius 1 is 1.12 bits per heavy atom. The molecule has 0 aliphatic carbocycles. The van der Waals surface area contributed by atoms with E-state index in [4.69, 9.17) is 14.7 Å². The first-order valence-corrected chi connectivity index (χ1v) is 10.5. The molecule has 3 aromatic rings. The monoisotopic (exact) mass is 448 g/mol. The molecule has 0 unspecified atom stereocenters. The molecule has 0 aliphatic heterocycles. The summed E-state index contributed by atoms with van der Waals surface area (Å²) >= 11 is 1.18. The van der Waals surface area contributed by atoms with Gasteiger partial charge in [-0.05, 0) is 48.4 Å². The van der Waals surface area contributed by atoms with Crippen molar-refractivity contribution in [1.29, 1.82) is 5.26 Å². The molecule has 162 valence electrons. The zero-order chi connectivity index (χ0) is 23.1. The van der Waals surface area contributed by atoms with E-state index in [0.29, 0.717) is 20.3 Å². The maximum atomic E-state index is 13.1. The van der Waals surface area contributed by atoms with Gasteiger partial charge in [-0.3, -0.25) is 9.36 Å². The minimum atomic E-state index is -0.534. The molecule has 0 aliphatic rings. The highest BCUT2D eigenvalue weighted by Gasteiger charge is 2.10. The van der Waals surface area contributed by atoms with Gasteiger partial charge in [-0.1, -0.05) is 24.3 Å². The fraction of sp³-hybridized carbons (Fsp3) is 0.167. The summed E-state index contributed by atoms with van der Waals surface area (Å²) in [6.45, 7) is 2.15. The van der Waals surface area contributed by atoms with Crippen LogP contribution < -0.4 is 14.8 Å². The number of rotatable bonds is 6. The summed E-state index contributed by atoms with van der Waals surface area (Å²) in [5.41, 5.74) is 2.21. The van der Waals surface area contributed by atoms with E-state index in [2.05, 4.69) is 6.07 Å². The van der Waals surface area contributed by atoms with Crippen LogP contribution in [-0.4, -0.2) is 30.2 Å². The van der Waals surface area contributed by atoms with E-state index in [1.54, 1.807) is 61.5 Å². The Morgan fingerprint density at radius 2 is 1.81 bits per heavy atom. The number of esters is 2. The molecule has 2 aromatic carbocycles. The van der Waals surface area contributed by atoms with Gasteiger partial charge in [0, 0.05) is 0 Å². The van der Waals surface area contributed by atoms with Crippen LogP contribution in [0.4, 0.5) is 0 Å². The molecule has 0 atom stereocenters. The summed E-state index contributed by atoms with van der Waals surface area (Å²) in [6.07, 6.45) is 3.02. The number of hydrogen-bond acceptors (Lipinski definition) is 7. The van der Waals surface area contributed by atoms with Crippen molar-refractivity contribution in [3.63, 3.8) is 0 Å². The molecular weight excluding hydrogens is 428 g/mol. The zero-order valence-corrected chi connectivity index (χ0v) is 18.3. The second-order valence-electron chi connectivity index (χ2n) is 6.66. The van der Waals surface area contributed by atoms with Gasteiger partial charge in [0.1, 0.15) is 4.66 Å². The third-order valence-corrected chi connectivity index (χ3v) is 5.58. The fourth-order valence-electron chi connectivity index (χ4n) is 2.93. The van der Waals surface area contributed by atoms with Crippen LogP contribution in [0.15, 0.2) is 53.3 Å². The molecule has 1 aromatic heterocycles. The second-order valence-corrected chi connectivity index (χ2v) is 7.72. The first-order valence-electron chi connectivity index (χ1n) is 9.72. The van der Waals surface area contributed by atoms with Crippen molar-refractivity contribution in [1.82, 2.24) is 4.57 Å². The van der Waals surface area contributed by atoms with Gasteiger partial charge in [-0.2, -0.15) is 5.26 Å². The van der Waals surface area contributed by atoms with E-state index in [9.17, 15) is 14.4 Å². The van der Waals surface area contributed by atoms with Crippen molar-refractivity contribution in [3.05, 3.63) is 90.3 Å². The lowest BCUT2D eigenvalue weighted by molar-refractivity contribution is -0.135. The average Bonchev–Trinajstić information content (AvgIpc) is 3.08. The molecule has 0 N–H and O–H groups in total. The molecule has 0 spiro atoms. The Labute approximate surface area is 188 Å². The highest BCUT2D eigenvalue weighted by molar-refractivity contribution is 7.07. The number of benzene rings is 2. The van der Waals surface area contributed by atoms with Crippen molar-refractivity contribution in [3.8, 4) is 6.07 Å². The van der Waals surface area contributed by atoms with Crippen molar-refractivity contribution >= 4 is 35.4 Å². The number of carbonyl (C=O) groups is 2. The van der Waals surface area contributed by atoms with E-state index in [1.165, 1.54) is 29.1 Å². The van der Waals surface area contributed by atoms with E-state index in [1.807, 2.05) is 0 Å². The second kappa shape index (κ2) is 10.4. The van der Waals surface area contributed by atoms with E-state index in [-0.39, 0.29) is 18.7 Å². The molecule has 8 heteroatoms. The fourth-order valence-corrected chi connectivity index (χ4v) is 3.96. The van der Waals surface area contributed by atoms with Crippen LogP contribution in [0.5, 0.6) is 0 Å². The molecule has 0 fully saturated rings. The van der Waals surface area contributed by atoms with Crippen molar-refractivity contribution in [2.45, 2.75) is 13.5 Å². The first kappa shape index (κ1) is 22.7. The van der Waals surface area contributed by atoms with Crippen LogP contribution >= 0.6 is 11.3 Å². The number of ether oxygens (including phenoxy) is 2. The SMILES string of the molecule is CCOC(=O)/C=c1\s/c(=C\c2ccc(C#N)cc2)c(=O)n1Cc1ccc(C(=O)OC)cc1. The summed E-state index contributed by atoms with van der Waals surface area (Å²) in [7, 11) is 1.31. The topological polar surface area (TPSA) is 98.4 Å². The Bertz CT molecular complexity index is 1340. The van der Waals surface area contributed by atoms with Crippen molar-refractivity contribution in [2.75, 3.05) is 13.7 Å². The normalized spacial score (nSPS) is 11.8. The van der Waals surface area contributed by atoms with Gasteiger partial charge in [-0.25, -0.2) is 9.59 Å². The molecule has 0 saturated carbocycles. The van der Waals surface area contributed by atoms with Gasteiger partial charge in [0.15, 0.2) is 0 Å². The maximum Gasteiger partial charge on any atom is 0.337 e. The third kappa shape index (κ3) is 5.39. The van der Waals surface area contributed by atoms with Crippen LogP contribution in [-0.2, 0) is 20.8 Å². The van der Waals surface area contributed by atoms with E-state index >= 15 is 0 Å². The highest BCUT2D eigenvalue weighted by atomic mass is 32.1. The highest BCUT2D eigenvalue weighted by Crippen LogP contribution is 2.07. The number of aromatic nitrogens is 1. The Kier molecular flexibility index (Phi) is 7.37. The number of hydrogen-bond donors (Lipinski definition) is 0. The Morgan fingerprint density at radius 3 is 2.41 bits per heavy atom. The predicted molar refractivity (Wildman–Crippen MR) is 121 cm³/mol. The van der Waals surface area contributed by atoms with Crippen LogP contribution in [0, 0.1) is 11.3 Å². The van der Waals surface area contributed by atoms with Gasteiger partial charge in [0.2, 0.25) is 0 Å². The van der Waals surface area contributed by atoms with Gasteiger partial charge in [0.25, 0.3) is 5.56 Å². The van der Waals surface area contributed by atoms with Crippen molar-refractivity contribution < 1.29 is 19.1 Å². The molecule has 32 heavy (non-hydrogen) atoms. The number of carbonyl (C=O) groups excluding carboxylic acids is 2. The lowest BCUT2D eigenvalue weighted by Gasteiger charge is -2.04. The predicted octanol–water partition coefficient (Wildman–Crippen LogP) is 1.79. The summed E-state index contributed by atoms with van der Waals surface area (Å²) in [6, 6.07) is 15.6. The Balaban J connectivity index is 2.06. The zero-order valence-electron chi connectivity index (χ0n) is 17.5. The number of thiazole rings is 1. The third-order valence-electron chi connectivity index (χ3n) is 4.52.